The van der Waals surface area contributed by atoms with E-state index in [0.717, 1.165) is 53.2 Å². The number of hydrogen-bond acceptors (Lipinski definition) is 8. The van der Waals surface area contributed by atoms with E-state index in [1.54, 1.807) is 11.3 Å². The van der Waals surface area contributed by atoms with Gasteiger partial charge in [0.05, 0.1) is 16.8 Å². The number of carbonyl (C=O) groups excluding carboxylic acids is 1. The van der Waals surface area contributed by atoms with E-state index in [9.17, 15) is 4.79 Å². The van der Waals surface area contributed by atoms with Crippen LogP contribution in [0.4, 0.5) is 17.6 Å². The van der Waals surface area contributed by atoms with Gasteiger partial charge in [0, 0.05) is 29.9 Å². The molecule has 10 heteroatoms. The molecule has 2 saturated heterocycles. The van der Waals surface area contributed by atoms with Gasteiger partial charge in [0.25, 0.3) is 0 Å². The summed E-state index contributed by atoms with van der Waals surface area (Å²) in [6.07, 6.45) is 4.03. The summed E-state index contributed by atoms with van der Waals surface area (Å²) in [5, 5.41) is 16.1. The van der Waals surface area contributed by atoms with Gasteiger partial charge in [-0.25, -0.2) is 4.98 Å². The zero-order chi connectivity index (χ0) is 21.5. The standard InChI is InChI=1S/C21H28N8OS/c1-12-8-17(27-26-12)24-20-19-16(6-7-31-19)23-21(25-20)22-13-9-14-4-5-15(10-13)29(14)18(30)11-28(2)3/h6-8,13-15H,4-5,9-11H2,1-3H3,(H3,22,23,24,25,26,27). The van der Waals surface area contributed by atoms with Crippen molar-refractivity contribution in [1.82, 2.24) is 30.0 Å². The molecule has 9 nitrogen and oxygen atoms in total. The maximum absolute atomic E-state index is 12.7. The summed E-state index contributed by atoms with van der Waals surface area (Å²) in [5.41, 5.74) is 1.90. The van der Waals surface area contributed by atoms with Gasteiger partial charge in [-0.1, -0.05) is 0 Å². The van der Waals surface area contributed by atoms with Gasteiger partial charge in [0.15, 0.2) is 11.6 Å². The average Bonchev–Trinajstić information content (AvgIpc) is 3.40. The highest BCUT2D eigenvalue weighted by Gasteiger charge is 2.43. The third kappa shape index (κ3) is 4.09. The van der Waals surface area contributed by atoms with Gasteiger partial charge in [-0.3, -0.25) is 9.89 Å². The van der Waals surface area contributed by atoms with Crippen molar-refractivity contribution < 1.29 is 4.79 Å². The Morgan fingerprint density at radius 2 is 2.06 bits per heavy atom. The van der Waals surface area contributed by atoms with Gasteiger partial charge in [-0.15, -0.1) is 11.3 Å². The van der Waals surface area contributed by atoms with Crippen molar-refractivity contribution in [1.29, 1.82) is 0 Å². The summed E-state index contributed by atoms with van der Waals surface area (Å²) in [7, 11) is 3.89. The quantitative estimate of drug-likeness (QED) is 0.542. The van der Waals surface area contributed by atoms with Crippen LogP contribution in [0.3, 0.4) is 0 Å². The molecule has 0 spiro atoms. The molecule has 164 valence electrons. The minimum atomic E-state index is 0.243. The Hall–Kier alpha value is -2.72. The Morgan fingerprint density at radius 3 is 2.74 bits per heavy atom. The van der Waals surface area contributed by atoms with Crippen molar-refractivity contribution in [3.05, 3.63) is 23.2 Å². The van der Waals surface area contributed by atoms with Crippen LogP contribution >= 0.6 is 11.3 Å². The third-order valence-electron chi connectivity index (χ3n) is 6.06. The molecule has 2 fully saturated rings. The molecule has 2 unspecified atom stereocenters. The number of aromatic amines is 1. The van der Waals surface area contributed by atoms with Crippen molar-refractivity contribution in [3.8, 4) is 0 Å². The first kappa shape index (κ1) is 20.2. The van der Waals surface area contributed by atoms with Crippen LogP contribution in [0.2, 0.25) is 0 Å². The molecule has 0 aromatic carbocycles. The number of piperidine rings is 1. The van der Waals surface area contributed by atoms with Gasteiger partial charge in [0.1, 0.15) is 0 Å². The molecule has 3 aromatic heterocycles. The summed E-state index contributed by atoms with van der Waals surface area (Å²) in [5.74, 6) is 2.36. The highest BCUT2D eigenvalue weighted by Crippen LogP contribution is 2.37. The number of nitrogens with zero attached hydrogens (tertiary/aromatic N) is 5. The van der Waals surface area contributed by atoms with Crippen LogP contribution < -0.4 is 10.6 Å². The van der Waals surface area contributed by atoms with Crippen molar-refractivity contribution in [2.24, 2.45) is 0 Å². The number of carbonyl (C=O) groups is 1. The van der Waals surface area contributed by atoms with E-state index in [2.05, 4.69) is 25.7 Å². The number of thiophene rings is 1. The second kappa shape index (κ2) is 8.08. The molecule has 3 N–H and O–H groups in total. The van der Waals surface area contributed by atoms with E-state index >= 15 is 0 Å². The lowest BCUT2D eigenvalue weighted by molar-refractivity contribution is -0.136. The maximum Gasteiger partial charge on any atom is 0.237 e. The molecule has 0 radical (unpaired) electrons. The molecule has 0 saturated carbocycles. The Kier molecular flexibility index (Phi) is 5.27. The topological polar surface area (TPSA) is 102 Å². The summed E-state index contributed by atoms with van der Waals surface area (Å²) in [4.78, 5) is 26.3. The average molecular weight is 441 g/mol. The van der Waals surface area contributed by atoms with Crippen LogP contribution in [0.1, 0.15) is 31.4 Å². The first-order valence-electron chi connectivity index (χ1n) is 10.7. The number of aryl methyl sites for hydroxylation is 1. The zero-order valence-corrected chi connectivity index (χ0v) is 18.9. The van der Waals surface area contributed by atoms with Crippen LogP contribution in [0.15, 0.2) is 17.5 Å². The largest absolute Gasteiger partial charge is 0.351 e. The molecular weight excluding hydrogens is 412 g/mol. The molecule has 2 bridgehead atoms. The SMILES string of the molecule is Cc1cc(Nc2nc(NC3CC4CCC(C3)N4C(=O)CN(C)C)nc3ccsc23)n[nH]1. The molecule has 0 aliphatic carbocycles. The second-order valence-corrected chi connectivity index (χ2v) is 9.74. The van der Waals surface area contributed by atoms with E-state index < -0.39 is 0 Å². The smallest absolute Gasteiger partial charge is 0.237 e. The fourth-order valence-corrected chi connectivity index (χ4v) is 5.63. The lowest BCUT2D eigenvalue weighted by atomic mass is 9.97. The molecule has 31 heavy (non-hydrogen) atoms. The van der Waals surface area contributed by atoms with Crippen LogP contribution in [0.5, 0.6) is 0 Å². The Morgan fingerprint density at radius 1 is 1.29 bits per heavy atom. The van der Waals surface area contributed by atoms with Crippen molar-refractivity contribution in [3.63, 3.8) is 0 Å². The van der Waals surface area contributed by atoms with Crippen LogP contribution in [-0.4, -0.2) is 74.6 Å². The lowest BCUT2D eigenvalue weighted by Crippen LogP contribution is -2.52. The second-order valence-electron chi connectivity index (χ2n) is 8.83. The first-order valence-corrected chi connectivity index (χ1v) is 11.6. The fraction of sp³-hybridized carbons (Fsp3) is 0.524. The number of fused-ring (bicyclic) bond motifs is 3. The van der Waals surface area contributed by atoms with Gasteiger partial charge in [0.2, 0.25) is 11.9 Å². The van der Waals surface area contributed by atoms with Crippen molar-refractivity contribution >= 4 is 45.0 Å². The summed E-state index contributed by atoms with van der Waals surface area (Å²) in [6, 6.07) is 4.83. The van der Waals surface area contributed by atoms with Crippen LogP contribution in [0.25, 0.3) is 10.2 Å². The fourth-order valence-electron chi connectivity index (χ4n) is 4.85. The molecule has 3 aromatic rings. The minimum Gasteiger partial charge on any atom is -0.351 e. The molecule has 5 rings (SSSR count). The lowest BCUT2D eigenvalue weighted by Gasteiger charge is -2.39. The van der Waals surface area contributed by atoms with E-state index in [1.807, 2.05) is 43.4 Å². The number of aromatic nitrogens is 4. The number of anilines is 3. The minimum absolute atomic E-state index is 0.243. The molecular formula is C21H28N8OS. The predicted octanol–water partition coefficient (Wildman–Crippen LogP) is 2.96. The summed E-state index contributed by atoms with van der Waals surface area (Å²) in [6.45, 7) is 2.44. The van der Waals surface area contributed by atoms with Crippen LogP contribution in [-0.2, 0) is 4.79 Å². The summed E-state index contributed by atoms with van der Waals surface area (Å²) < 4.78 is 1.01. The monoisotopic (exact) mass is 440 g/mol. The highest BCUT2D eigenvalue weighted by molar-refractivity contribution is 7.17. The first-order chi connectivity index (χ1) is 15.0. The molecule has 2 aliphatic rings. The maximum atomic E-state index is 12.7. The van der Waals surface area contributed by atoms with Gasteiger partial charge < -0.3 is 20.4 Å². The normalized spacial score (nSPS) is 23.0. The van der Waals surface area contributed by atoms with E-state index in [1.165, 1.54) is 0 Å². The number of H-pyrrole nitrogens is 1. The number of rotatable bonds is 6. The van der Waals surface area contributed by atoms with Gasteiger partial charge >= 0.3 is 0 Å². The van der Waals surface area contributed by atoms with Crippen LogP contribution in [0, 0.1) is 6.92 Å². The number of hydrogen-bond donors (Lipinski definition) is 3. The van der Waals surface area contributed by atoms with E-state index in [-0.39, 0.29) is 11.9 Å². The zero-order valence-electron chi connectivity index (χ0n) is 18.1. The molecule has 2 atom stereocenters. The Balaban J connectivity index is 1.33. The Bertz CT molecular complexity index is 1080. The van der Waals surface area contributed by atoms with Gasteiger partial charge in [-0.2, -0.15) is 10.1 Å². The number of amides is 1. The molecule has 1 amide bonds. The number of likely N-dealkylation sites (N-methyl/N-ethyl adjacent to an activating group) is 1. The van der Waals surface area contributed by atoms with Crippen molar-refractivity contribution in [2.75, 3.05) is 31.3 Å². The Labute approximate surface area is 185 Å². The highest BCUT2D eigenvalue weighted by atomic mass is 32.1. The van der Waals surface area contributed by atoms with E-state index in [0.29, 0.717) is 24.6 Å². The molecule has 5 heterocycles. The third-order valence-corrected chi connectivity index (χ3v) is 6.97. The predicted molar refractivity (Wildman–Crippen MR) is 123 cm³/mol. The van der Waals surface area contributed by atoms with Crippen molar-refractivity contribution in [2.45, 2.75) is 50.7 Å². The van der Waals surface area contributed by atoms with Gasteiger partial charge in [-0.05, 0) is 58.1 Å². The summed E-state index contributed by atoms with van der Waals surface area (Å²) >= 11 is 1.61. The molecule has 2 aliphatic heterocycles. The van der Waals surface area contributed by atoms with E-state index in [4.69, 9.17) is 9.97 Å². The number of nitrogens with one attached hydrogen (secondary N) is 3.